The second-order valence-electron chi connectivity index (χ2n) is 10.8. The van der Waals surface area contributed by atoms with E-state index in [0.717, 1.165) is 31.8 Å². The number of rotatable bonds is 7. The third kappa shape index (κ3) is 6.08. The van der Waals surface area contributed by atoms with Crippen molar-refractivity contribution in [1.29, 1.82) is 0 Å². The molecular formula is C26H32ClF3N6O3S. The van der Waals surface area contributed by atoms with E-state index in [1.165, 1.54) is 16.4 Å². The smallest absolute Gasteiger partial charge is 0.354 e. The van der Waals surface area contributed by atoms with Gasteiger partial charge in [-0.3, -0.25) is 9.69 Å². The molecule has 218 valence electrons. The van der Waals surface area contributed by atoms with E-state index >= 15 is 0 Å². The molecule has 1 amide bonds. The molecule has 1 atom stereocenters. The van der Waals surface area contributed by atoms with Crippen LogP contribution in [0.3, 0.4) is 0 Å². The van der Waals surface area contributed by atoms with Crippen molar-refractivity contribution in [1.82, 2.24) is 19.1 Å². The number of piperazine rings is 1. The minimum Gasteiger partial charge on any atom is -0.354 e. The van der Waals surface area contributed by atoms with Crippen LogP contribution in [0.4, 0.5) is 24.7 Å². The van der Waals surface area contributed by atoms with E-state index in [0.29, 0.717) is 24.7 Å². The van der Waals surface area contributed by atoms with Crippen molar-refractivity contribution in [2.45, 2.75) is 23.5 Å². The number of aromatic nitrogens is 1. The summed E-state index contributed by atoms with van der Waals surface area (Å²) in [4.78, 5) is 24.7. The zero-order chi connectivity index (χ0) is 28.8. The zero-order valence-electron chi connectivity index (χ0n) is 22.3. The van der Waals surface area contributed by atoms with Crippen LogP contribution in [0.1, 0.15) is 12.0 Å². The Hall–Kier alpha value is -2.45. The maximum Gasteiger partial charge on any atom is 0.416 e. The van der Waals surface area contributed by atoms with E-state index < -0.39 is 21.8 Å². The number of halogens is 4. The number of likely N-dealkylation sites (tertiary alicyclic amines) is 1. The molecule has 9 nitrogen and oxygen atoms in total. The first-order valence-corrected chi connectivity index (χ1v) is 14.9. The number of hydrogen-bond donors (Lipinski definition) is 0. The second-order valence-corrected chi connectivity index (χ2v) is 13.2. The third-order valence-corrected chi connectivity index (χ3v) is 9.95. The molecule has 4 heterocycles. The standard InChI is InChI=1S/C26H32ClF3N6O3S/c1-32(2)21-16-33(17-21)14-18-11-25(37)36(15-18)20-3-5-22(6-4-20)40(38,39)35-9-7-34(8-10-35)24-13-19(26(28,29)30)12-23(27)31-24/h3-6,12-13,18,21H,7-11,14-17H2,1-2H3. The summed E-state index contributed by atoms with van der Waals surface area (Å²) in [5.74, 6) is 0.322. The maximum atomic E-state index is 13.3. The average Bonchev–Trinajstić information content (AvgIpc) is 3.25. The third-order valence-electron chi connectivity index (χ3n) is 7.85. The van der Waals surface area contributed by atoms with Crippen molar-refractivity contribution in [2.75, 3.05) is 76.3 Å². The molecule has 40 heavy (non-hydrogen) atoms. The monoisotopic (exact) mass is 600 g/mol. The molecule has 3 fully saturated rings. The Kier molecular flexibility index (Phi) is 8.05. The second kappa shape index (κ2) is 11.1. The summed E-state index contributed by atoms with van der Waals surface area (Å²) in [6.07, 6.45) is -4.09. The van der Waals surface area contributed by atoms with Gasteiger partial charge in [-0.25, -0.2) is 13.4 Å². The fourth-order valence-corrected chi connectivity index (χ4v) is 7.08. The number of hydrogen-bond acceptors (Lipinski definition) is 7. The summed E-state index contributed by atoms with van der Waals surface area (Å²) in [6.45, 7) is 3.96. The van der Waals surface area contributed by atoms with E-state index in [2.05, 4.69) is 28.9 Å². The molecule has 1 aromatic heterocycles. The minimum atomic E-state index is -4.57. The average molecular weight is 601 g/mol. The molecule has 3 aliphatic rings. The molecule has 3 saturated heterocycles. The van der Waals surface area contributed by atoms with Gasteiger partial charge in [-0.2, -0.15) is 17.5 Å². The van der Waals surface area contributed by atoms with Gasteiger partial charge in [0.1, 0.15) is 11.0 Å². The van der Waals surface area contributed by atoms with Crippen LogP contribution in [0.2, 0.25) is 5.15 Å². The number of pyridine rings is 1. The Labute approximate surface area is 237 Å². The summed E-state index contributed by atoms with van der Waals surface area (Å²) in [6, 6.07) is 8.56. The fraction of sp³-hybridized carbons (Fsp3) is 0.538. The van der Waals surface area contributed by atoms with Gasteiger partial charge in [0.05, 0.1) is 10.5 Å². The van der Waals surface area contributed by atoms with Crippen molar-refractivity contribution >= 4 is 39.0 Å². The number of carbonyl (C=O) groups is 1. The molecule has 5 rings (SSSR count). The van der Waals surface area contributed by atoms with Crippen molar-refractivity contribution in [3.63, 3.8) is 0 Å². The van der Waals surface area contributed by atoms with Crippen LogP contribution in [-0.2, 0) is 21.0 Å². The molecule has 0 spiro atoms. The number of carbonyl (C=O) groups excluding carboxylic acids is 1. The Morgan fingerprint density at radius 2 is 1.68 bits per heavy atom. The summed E-state index contributed by atoms with van der Waals surface area (Å²) in [5.41, 5.74) is -0.238. The van der Waals surface area contributed by atoms with E-state index in [4.69, 9.17) is 11.6 Å². The number of likely N-dealkylation sites (N-methyl/N-ethyl adjacent to an activating group) is 1. The molecule has 0 N–H and O–H groups in total. The Morgan fingerprint density at radius 1 is 1.02 bits per heavy atom. The van der Waals surface area contributed by atoms with Crippen LogP contribution < -0.4 is 9.80 Å². The van der Waals surface area contributed by atoms with Gasteiger partial charge >= 0.3 is 6.18 Å². The molecular weight excluding hydrogens is 569 g/mol. The first-order valence-electron chi connectivity index (χ1n) is 13.1. The molecule has 1 aromatic carbocycles. The summed E-state index contributed by atoms with van der Waals surface area (Å²) < 4.78 is 67.4. The SMILES string of the molecule is CN(C)C1CN(CC2CC(=O)N(c3ccc(S(=O)(=O)N4CCN(c5cc(C(F)(F)F)cc(Cl)n5)CC4)cc3)C2)C1. The van der Waals surface area contributed by atoms with Gasteiger partial charge in [0, 0.05) is 70.5 Å². The van der Waals surface area contributed by atoms with Crippen LogP contribution in [-0.4, -0.2) is 106 Å². The lowest BCUT2D eigenvalue weighted by atomic mass is 10.0. The highest BCUT2D eigenvalue weighted by atomic mass is 35.5. The highest BCUT2D eigenvalue weighted by Gasteiger charge is 2.37. The van der Waals surface area contributed by atoms with Crippen molar-refractivity contribution in [3.05, 3.63) is 47.1 Å². The van der Waals surface area contributed by atoms with Crippen molar-refractivity contribution in [3.8, 4) is 0 Å². The first kappa shape index (κ1) is 29.1. The number of amides is 1. The minimum absolute atomic E-state index is 0.0321. The molecule has 0 aliphatic carbocycles. The molecule has 0 bridgehead atoms. The van der Waals surface area contributed by atoms with Gasteiger partial charge in [-0.1, -0.05) is 11.6 Å². The van der Waals surface area contributed by atoms with E-state index in [9.17, 15) is 26.4 Å². The topological polar surface area (TPSA) is 80.3 Å². The summed E-state index contributed by atoms with van der Waals surface area (Å²) in [7, 11) is 0.312. The lowest BCUT2D eigenvalue weighted by Crippen LogP contribution is -2.58. The van der Waals surface area contributed by atoms with Crippen LogP contribution in [0, 0.1) is 5.92 Å². The first-order chi connectivity index (χ1) is 18.8. The van der Waals surface area contributed by atoms with Crippen LogP contribution in [0.15, 0.2) is 41.3 Å². The largest absolute Gasteiger partial charge is 0.416 e. The Balaban J connectivity index is 1.19. The number of nitrogens with zero attached hydrogens (tertiary/aromatic N) is 6. The normalized spacial score (nSPS) is 21.9. The lowest BCUT2D eigenvalue weighted by molar-refractivity contribution is -0.137. The predicted molar refractivity (Wildman–Crippen MR) is 146 cm³/mol. The molecule has 0 saturated carbocycles. The number of alkyl halides is 3. The molecule has 1 unspecified atom stereocenters. The van der Waals surface area contributed by atoms with Crippen LogP contribution in [0.5, 0.6) is 0 Å². The van der Waals surface area contributed by atoms with E-state index in [-0.39, 0.29) is 53.9 Å². The van der Waals surface area contributed by atoms with Gasteiger partial charge in [0.15, 0.2) is 0 Å². The van der Waals surface area contributed by atoms with Gasteiger partial charge in [-0.05, 0) is 56.4 Å². The number of sulfonamides is 1. The van der Waals surface area contributed by atoms with Gasteiger partial charge in [0.25, 0.3) is 0 Å². The fourth-order valence-electron chi connectivity index (χ4n) is 5.45. The Morgan fingerprint density at radius 3 is 2.27 bits per heavy atom. The summed E-state index contributed by atoms with van der Waals surface area (Å²) >= 11 is 5.81. The molecule has 14 heteroatoms. The van der Waals surface area contributed by atoms with Gasteiger partial charge in [0.2, 0.25) is 15.9 Å². The quantitative estimate of drug-likeness (QED) is 0.452. The van der Waals surface area contributed by atoms with Crippen LogP contribution in [0.25, 0.3) is 0 Å². The highest BCUT2D eigenvalue weighted by Crippen LogP contribution is 2.33. The highest BCUT2D eigenvalue weighted by molar-refractivity contribution is 7.89. The van der Waals surface area contributed by atoms with Gasteiger partial charge < -0.3 is 14.7 Å². The maximum absolute atomic E-state index is 13.3. The van der Waals surface area contributed by atoms with E-state index in [1.807, 2.05) is 0 Å². The Bertz CT molecular complexity index is 1340. The van der Waals surface area contributed by atoms with Crippen molar-refractivity contribution < 1.29 is 26.4 Å². The van der Waals surface area contributed by atoms with Gasteiger partial charge in [-0.15, -0.1) is 0 Å². The van der Waals surface area contributed by atoms with Crippen molar-refractivity contribution in [2.24, 2.45) is 5.92 Å². The zero-order valence-corrected chi connectivity index (χ0v) is 23.9. The summed E-state index contributed by atoms with van der Waals surface area (Å²) in [5, 5.41) is -0.277. The molecule has 2 aromatic rings. The number of anilines is 2. The lowest BCUT2D eigenvalue weighted by Gasteiger charge is -2.43. The molecule has 0 radical (unpaired) electrons. The van der Waals surface area contributed by atoms with E-state index in [1.54, 1.807) is 21.9 Å². The predicted octanol–water partition coefficient (Wildman–Crippen LogP) is 2.86. The van der Waals surface area contributed by atoms with Crippen LogP contribution >= 0.6 is 11.6 Å². The molecule has 3 aliphatic heterocycles. The number of benzene rings is 1.